The monoisotopic (exact) mass is 244 g/mol. The molecule has 0 aliphatic heterocycles. The minimum Gasteiger partial charge on any atom is -0.0836 e. The van der Waals surface area contributed by atoms with E-state index in [4.69, 9.17) is 23.2 Å². The van der Waals surface area contributed by atoms with E-state index in [2.05, 4.69) is 24.3 Å². The first-order chi connectivity index (χ1) is 7.72. The van der Waals surface area contributed by atoms with Crippen molar-refractivity contribution in [1.82, 2.24) is 0 Å². The van der Waals surface area contributed by atoms with Gasteiger partial charge in [0.1, 0.15) is 0 Å². The normalized spacial score (nSPS) is 11.1. The second kappa shape index (κ2) is 3.65. The van der Waals surface area contributed by atoms with Crippen molar-refractivity contribution in [1.29, 1.82) is 0 Å². The number of hydrogen-bond donors (Lipinski definition) is 0. The van der Waals surface area contributed by atoms with Crippen LogP contribution in [0.5, 0.6) is 0 Å². The Labute approximate surface area is 103 Å². The number of fused-ring (bicyclic) bond motifs is 2. The van der Waals surface area contributed by atoms with Gasteiger partial charge in [0.05, 0.1) is 0 Å². The van der Waals surface area contributed by atoms with Crippen LogP contribution in [0.1, 0.15) is 0 Å². The molecule has 2 heteroatoms. The smallest absolute Gasteiger partial charge is 0.0491 e. The fraction of sp³-hybridized carbons (Fsp3) is 0. The fourth-order valence-electron chi connectivity index (χ4n) is 1.82. The standard InChI is InChI=1S/C14H6Cl2/c15-13-3-1-9-5-10-2-4-14(16)8-12(10)6-11(9)7-13/h1-2,5-8H. The summed E-state index contributed by atoms with van der Waals surface area (Å²) in [5, 5.41) is 5.68. The van der Waals surface area contributed by atoms with Gasteiger partial charge in [0.2, 0.25) is 0 Å². The summed E-state index contributed by atoms with van der Waals surface area (Å²) < 4.78 is 0. The van der Waals surface area contributed by atoms with Crippen LogP contribution < -0.4 is 0 Å². The van der Waals surface area contributed by atoms with Gasteiger partial charge in [-0.2, -0.15) is 0 Å². The second-order valence-electron chi connectivity index (χ2n) is 3.67. The number of rotatable bonds is 0. The predicted octanol–water partition coefficient (Wildman–Crippen LogP) is 4.90. The summed E-state index contributed by atoms with van der Waals surface area (Å²) in [4.78, 5) is 0. The fourth-order valence-corrected chi connectivity index (χ4v) is 2.16. The van der Waals surface area contributed by atoms with Crippen molar-refractivity contribution in [3.05, 3.63) is 58.6 Å². The van der Waals surface area contributed by atoms with Gasteiger partial charge in [-0.05, 0) is 57.9 Å². The van der Waals surface area contributed by atoms with E-state index in [-0.39, 0.29) is 0 Å². The molecule has 0 aromatic heterocycles. The van der Waals surface area contributed by atoms with E-state index < -0.39 is 0 Å². The lowest BCUT2D eigenvalue weighted by Gasteiger charge is -2.02. The van der Waals surface area contributed by atoms with Gasteiger partial charge in [-0.3, -0.25) is 0 Å². The molecule has 0 aliphatic rings. The first kappa shape index (κ1) is 9.95. The van der Waals surface area contributed by atoms with Gasteiger partial charge in [-0.25, -0.2) is 0 Å². The van der Waals surface area contributed by atoms with Gasteiger partial charge in [0.25, 0.3) is 0 Å². The summed E-state index contributed by atoms with van der Waals surface area (Å²) in [7, 11) is 0. The Balaban J connectivity index is 2.44. The molecule has 0 atom stereocenters. The Morgan fingerprint density at radius 2 is 1.06 bits per heavy atom. The Bertz CT molecular complexity index is 630. The SMILES string of the molecule is Clc1[c]cc2cc3c[c]c(Cl)cc3cc2c1. The van der Waals surface area contributed by atoms with E-state index >= 15 is 0 Å². The van der Waals surface area contributed by atoms with E-state index in [0.717, 1.165) is 21.5 Å². The molecular weight excluding hydrogens is 239 g/mol. The van der Waals surface area contributed by atoms with Crippen LogP contribution in [-0.4, -0.2) is 0 Å². The highest BCUT2D eigenvalue weighted by Crippen LogP contribution is 2.26. The van der Waals surface area contributed by atoms with Crippen molar-refractivity contribution in [3.63, 3.8) is 0 Å². The van der Waals surface area contributed by atoms with E-state index in [0.29, 0.717) is 10.0 Å². The third-order valence-electron chi connectivity index (χ3n) is 2.58. The second-order valence-corrected chi connectivity index (χ2v) is 4.49. The molecule has 0 bridgehead atoms. The minimum absolute atomic E-state index is 0.625. The zero-order valence-corrected chi connectivity index (χ0v) is 9.73. The Morgan fingerprint density at radius 1 is 0.625 bits per heavy atom. The highest BCUT2D eigenvalue weighted by molar-refractivity contribution is 6.32. The molecule has 0 spiro atoms. The highest BCUT2D eigenvalue weighted by atomic mass is 35.5. The zero-order valence-electron chi connectivity index (χ0n) is 8.22. The van der Waals surface area contributed by atoms with Crippen molar-refractivity contribution in [3.8, 4) is 0 Å². The maximum Gasteiger partial charge on any atom is 0.0491 e. The highest BCUT2D eigenvalue weighted by Gasteiger charge is 2.00. The van der Waals surface area contributed by atoms with Gasteiger partial charge < -0.3 is 0 Å². The molecule has 0 heterocycles. The van der Waals surface area contributed by atoms with Crippen LogP contribution in [0, 0.1) is 12.1 Å². The molecule has 0 amide bonds. The maximum absolute atomic E-state index is 5.91. The largest absolute Gasteiger partial charge is 0.0836 e. The summed E-state index contributed by atoms with van der Waals surface area (Å²) in [6, 6.07) is 17.7. The van der Waals surface area contributed by atoms with Crippen LogP contribution in [0.3, 0.4) is 0 Å². The third kappa shape index (κ3) is 1.64. The minimum atomic E-state index is 0.625. The Kier molecular flexibility index (Phi) is 2.27. The van der Waals surface area contributed by atoms with E-state index in [9.17, 15) is 0 Å². The molecule has 0 aliphatic carbocycles. The molecule has 0 N–H and O–H groups in total. The summed E-state index contributed by atoms with van der Waals surface area (Å²) in [6.45, 7) is 0. The van der Waals surface area contributed by atoms with Gasteiger partial charge in [-0.1, -0.05) is 23.2 Å². The molecule has 76 valence electrons. The average Bonchev–Trinajstić information content (AvgIpc) is 2.26. The summed E-state index contributed by atoms with van der Waals surface area (Å²) in [5.41, 5.74) is 0. The van der Waals surface area contributed by atoms with Crippen LogP contribution in [0.4, 0.5) is 0 Å². The summed E-state index contributed by atoms with van der Waals surface area (Å²) >= 11 is 11.8. The van der Waals surface area contributed by atoms with Crippen LogP contribution in [0.2, 0.25) is 10.0 Å². The molecule has 0 saturated heterocycles. The number of hydrogen-bond acceptors (Lipinski definition) is 0. The first-order valence-electron chi connectivity index (χ1n) is 4.84. The lowest BCUT2D eigenvalue weighted by Crippen LogP contribution is -1.77. The van der Waals surface area contributed by atoms with Crippen LogP contribution in [0.15, 0.2) is 36.4 Å². The molecular formula is C14H6Cl2. The number of halogens is 2. The molecule has 16 heavy (non-hydrogen) atoms. The molecule has 3 rings (SSSR count). The van der Waals surface area contributed by atoms with E-state index in [1.807, 2.05) is 24.3 Å². The molecule has 0 saturated carbocycles. The average molecular weight is 245 g/mol. The van der Waals surface area contributed by atoms with Crippen molar-refractivity contribution in [2.75, 3.05) is 0 Å². The van der Waals surface area contributed by atoms with Crippen LogP contribution in [-0.2, 0) is 0 Å². The van der Waals surface area contributed by atoms with Gasteiger partial charge in [0.15, 0.2) is 0 Å². The maximum atomic E-state index is 5.91. The van der Waals surface area contributed by atoms with Crippen molar-refractivity contribution in [2.45, 2.75) is 0 Å². The first-order valence-corrected chi connectivity index (χ1v) is 5.60. The van der Waals surface area contributed by atoms with Crippen molar-refractivity contribution in [2.24, 2.45) is 0 Å². The van der Waals surface area contributed by atoms with Gasteiger partial charge in [-0.15, -0.1) is 0 Å². The topological polar surface area (TPSA) is 0 Å². The lowest BCUT2D eigenvalue weighted by atomic mass is 10.0. The summed E-state index contributed by atoms with van der Waals surface area (Å²) in [6.07, 6.45) is 0. The molecule has 0 unspecified atom stereocenters. The molecule has 2 radical (unpaired) electrons. The quantitative estimate of drug-likeness (QED) is 0.494. The van der Waals surface area contributed by atoms with Crippen molar-refractivity contribution >= 4 is 44.7 Å². The van der Waals surface area contributed by atoms with Gasteiger partial charge in [0, 0.05) is 22.2 Å². The third-order valence-corrected chi connectivity index (χ3v) is 3.02. The number of benzene rings is 3. The van der Waals surface area contributed by atoms with Gasteiger partial charge >= 0.3 is 0 Å². The molecule has 0 fully saturated rings. The van der Waals surface area contributed by atoms with Crippen molar-refractivity contribution < 1.29 is 0 Å². The van der Waals surface area contributed by atoms with E-state index in [1.54, 1.807) is 0 Å². The Hall–Kier alpha value is -1.24. The Morgan fingerprint density at radius 3 is 1.56 bits per heavy atom. The molecule has 3 aromatic carbocycles. The van der Waals surface area contributed by atoms with Crippen LogP contribution in [0.25, 0.3) is 21.5 Å². The molecule has 0 nitrogen and oxygen atoms in total. The summed E-state index contributed by atoms with van der Waals surface area (Å²) in [5.74, 6) is 0. The predicted molar refractivity (Wildman–Crippen MR) is 69.1 cm³/mol. The molecule has 3 aromatic rings. The lowest BCUT2D eigenvalue weighted by molar-refractivity contribution is 1.74. The van der Waals surface area contributed by atoms with Crippen LogP contribution >= 0.6 is 23.2 Å². The van der Waals surface area contributed by atoms with E-state index in [1.165, 1.54) is 0 Å². The zero-order chi connectivity index (χ0) is 11.1.